The van der Waals surface area contributed by atoms with Crippen molar-refractivity contribution in [1.29, 1.82) is 0 Å². The van der Waals surface area contributed by atoms with Gasteiger partial charge in [0.1, 0.15) is 11.6 Å². The third-order valence-corrected chi connectivity index (χ3v) is 2.70. The van der Waals surface area contributed by atoms with Crippen molar-refractivity contribution in [1.82, 2.24) is 5.32 Å². The average Bonchev–Trinajstić information content (AvgIpc) is 2.37. The van der Waals surface area contributed by atoms with E-state index in [-0.39, 0.29) is 12.0 Å². The molecule has 108 valence electrons. The summed E-state index contributed by atoms with van der Waals surface area (Å²) >= 11 is 0. The summed E-state index contributed by atoms with van der Waals surface area (Å²) in [6, 6.07) is 2.83. The smallest absolute Gasteiger partial charge is 0.326 e. The topological polar surface area (TPSA) is 130 Å². The number of carboxylic acid groups (broad SMARTS) is 1. The maximum Gasteiger partial charge on any atom is 0.326 e. The Bertz CT molecular complexity index is 543. The highest BCUT2D eigenvalue weighted by Gasteiger charge is 2.26. The molecule has 0 saturated carbocycles. The summed E-state index contributed by atoms with van der Waals surface area (Å²) in [5.74, 6) is -2.17. The minimum atomic E-state index is -1.32. The molecule has 0 spiro atoms. The number of rotatable bonds is 6. The lowest BCUT2D eigenvalue weighted by Gasteiger charge is -2.14. The number of nitrogens with one attached hydrogen (secondary N) is 1. The van der Waals surface area contributed by atoms with Crippen molar-refractivity contribution in [2.75, 3.05) is 6.61 Å². The molecule has 0 saturated heterocycles. The van der Waals surface area contributed by atoms with Crippen molar-refractivity contribution in [3.63, 3.8) is 0 Å². The normalized spacial score (nSPS) is 11.7. The fourth-order valence-electron chi connectivity index (χ4n) is 1.72. The Morgan fingerprint density at radius 1 is 1.45 bits per heavy atom. The van der Waals surface area contributed by atoms with Gasteiger partial charge in [-0.1, -0.05) is 12.1 Å². The lowest BCUT2D eigenvalue weighted by Crippen LogP contribution is -2.41. The third kappa shape index (κ3) is 3.51. The number of hydrogen-bond acceptors (Lipinski definition) is 5. The molecule has 1 aromatic carbocycles. The second-order valence-corrected chi connectivity index (χ2v) is 4.10. The van der Waals surface area contributed by atoms with Gasteiger partial charge in [-0.2, -0.15) is 0 Å². The first kappa shape index (κ1) is 15.6. The summed E-state index contributed by atoms with van der Waals surface area (Å²) in [7, 11) is 0. The molecule has 0 aliphatic carbocycles. The molecule has 0 aromatic heterocycles. The molecule has 0 bridgehead atoms. The summed E-state index contributed by atoms with van der Waals surface area (Å²) < 4.78 is 0. The van der Waals surface area contributed by atoms with E-state index in [1.807, 2.05) is 0 Å². The van der Waals surface area contributed by atoms with Crippen LogP contribution in [0.4, 0.5) is 5.69 Å². The number of aliphatic hydroxyl groups excluding tert-OH is 1. The van der Waals surface area contributed by atoms with Crippen LogP contribution >= 0.6 is 0 Å². The third-order valence-electron chi connectivity index (χ3n) is 2.70. The zero-order valence-corrected chi connectivity index (χ0v) is 10.7. The molecule has 0 radical (unpaired) electrons. The lowest BCUT2D eigenvalue weighted by molar-refractivity contribution is -0.385. The van der Waals surface area contributed by atoms with Crippen LogP contribution in [-0.2, 0) is 4.79 Å². The van der Waals surface area contributed by atoms with E-state index in [1.165, 1.54) is 25.1 Å². The van der Waals surface area contributed by atoms with Crippen molar-refractivity contribution in [2.24, 2.45) is 0 Å². The first-order valence-corrected chi connectivity index (χ1v) is 5.77. The van der Waals surface area contributed by atoms with Crippen molar-refractivity contribution in [3.8, 4) is 0 Å². The van der Waals surface area contributed by atoms with Gasteiger partial charge in [0, 0.05) is 19.1 Å². The molecule has 20 heavy (non-hydrogen) atoms. The fourth-order valence-corrected chi connectivity index (χ4v) is 1.72. The van der Waals surface area contributed by atoms with Crippen molar-refractivity contribution < 1.29 is 24.7 Å². The van der Waals surface area contributed by atoms with Crippen LogP contribution in [0, 0.1) is 17.0 Å². The zero-order chi connectivity index (χ0) is 15.3. The van der Waals surface area contributed by atoms with E-state index < -0.39 is 35.1 Å². The quantitative estimate of drug-likeness (QED) is 0.513. The van der Waals surface area contributed by atoms with E-state index >= 15 is 0 Å². The van der Waals surface area contributed by atoms with Crippen molar-refractivity contribution in [2.45, 2.75) is 19.4 Å². The molecule has 0 fully saturated rings. The highest BCUT2D eigenvalue weighted by atomic mass is 16.6. The van der Waals surface area contributed by atoms with E-state index in [0.29, 0.717) is 5.56 Å². The second kappa shape index (κ2) is 6.62. The molecule has 0 unspecified atom stereocenters. The van der Waals surface area contributed by atoms with E-state index in [4.69, 9.17) is 10.2 Å². The van der Waals surface area contributed by atoms with Gasteiger partial charge in [-0.25, -0.2) is 4.79 Å². The summed E-state index contributed by atoms with van der Waals surface area (Å²) in [5.41, 5.74) is -0.206. The number of nitrogens with zero attached hydrogens (tertiary/aromatic N) is 1. The van der Waals surface area contributed by atoms with E-state index in [1.54, 1.807) is 0 Å². The molecule has 8 heteroatoms. The van der Waals surface area contributed by atoms with E-state index in [2.05, 4.69) is 5.32 Å². The molecular weight excluding hydrogens is 268 g/mol. The summed E-state index contributed by atoms with van der Waals surface area (Å²) in [5, 5.41) is 30.7. The molecule has 0 aliphatic heterocycles. The number of carboxylic acids is 1. The number of carbonyl (C=O) groups is 2. The first-order valence-electron chi connectivity index (χ1n) is 5.77. The van der Waals surface area contributed by atoms with Crippen LogP contribution in [0.15, 0.2) is 18.2 Å². The summed E-state index contributed by atoms with van der Waals surface area (Å²) in [6.07, 6.45) is -0.180. The summed E-state index contributed by atoms with van der Waals surface area (Å²) in [4.78, 5) is 33.1. The fraction of sp³-hybridized carbons (Fsp3) is 0.333. The molecule has 3 N–H and O–H groups in total. The minimum absolute atomic E-state index is 0.179. The van der Waals surface area contributed by atoms with E-state index in [0.717, 1.165) is 0 Å². The Morgan fingerprint density at radius 3 is 2.60 bits per heavy atom. The van der Waals surface area contributed by atoms with Crippen LogP contribution in [-0.4, -0.2) is 39.7 Å². The maximum atomic E-state index is 12.0. The van der Waals surface area contributed by atoms with Crippen LogP contribution in [0.25, 0.3) is 0 Å². The maximum absolute atomic E-state index is 12.0. The lowest BCUT2D eigenvalue weighted by atomic mass is 10.1. The minimum Gasteiger partial charge on any atom is -0.480 e. The van der Waals surface area contributed by atoms with Gasteiger partial charge >= 0.3 is 5.97 Å². The Balaban J connectivity index is 3.09. The van der Waals surface area contributed by atoms with Gasteiger partial charge < -0.3 is 15.5 Å². The van der Waals surface area contributed by atoms with Gasteiger partial charge in [0.15, 0.2) is 0 Å². The van der Waals surface area contributed by atoms with Crippen molar-refractivity contribution >= 4 is 17.6 Å². The number of aliphatic carboxylic acids is 1. The molecule has 1 atom stereocenters. The van der Waals surface area contributed by atoms with Gasteiger partial charge in [-0.3, -0.25) is 14.9 Å². The Morgan fingerprint density at radius 2 is 2.10 bits per heavy atom. The number of aryl methyl sites for hydroxylation is 1. The number of aliphatic hydroxyl groups is 1. The zero-order valence-electron chi connectivity index (χ0n) is 10.7. The van der Waals surface area contributed by atoms with Crippen LogP contribution in [0.2, 0.25) is 0 Å². The molecule has 0 aliphatic rings. The van der Waals surface area contributed by atoms with Gasteiger partial charge in [0.05, 0.1) is 4.92 Å². The average molecular weight is 282 g/mol. The Labute approximate surface area is 114 Å². The number of nitro benzene ring substituents is 1. The second-order valence-electron chi connectivity index (χ2n) is 4.10. The van der Waals surface area contributed by atoms with Crippen LogP contribution in [0.3, 0.4) is 0 Å². The summed E-state index contributed by atoms with van der Waals surface area (Å²) in [6.45, 7) is 1.09. The van der Waals surface area contributed by atoms with Gasteiger partial charge in [0.25, 0.3) is 11.6 Å². The SMILES string of the molecule is Cc1cccc([N+](=O)[O-])c1C(=O)N[C@H](CCO)C(=O)O. The van der Waals surface area contributed by atoms with E-state index in [9.17, 15) is 19.7 Å². The monoisotopic (exact) mass is 282 g/mol. The molecule has 8 nitrogen and oxygen atoms in total. The number of hydrogen-bond donors (Lipinski definition) is 3. The standard InChI is InChI=1S/C12H14N2O6/c1-7-3-2-4-9(14(19)20)10(7)11(16)13-8(5-6-15)12(17)18/h2-4,8,15H,5-6H2,1H3,(H,13,16)(H,17,18)/t8-/m1/s1. The molecule has 1 rings (SSSR count). The Hall–Kier alpha value is -2.48. The molecule has 1 aromatic rings. The highest BCUT2D eigenvalue weighted by molar-refractivity contribution is 6.01. The molecule has 0 heterocycles. The van der Waals surface area contributed by atoms with Crippen molar-refractivity contribution in [3.05, 3.63) is 39.4 Å². The number of carbonyl (C=O) groups excluding carboxylic acids is 1. The van der Waals surface area contributed by atoms with Gasteiger partial charge in [-0.15, -0.1) is 0 Å². The molecule has 1 amide bonds. The van der Waals surface area contributed by atoms with Crippen LogP contribution in [0.1, 0.15) is 22.3 Å². The number of benzene rings is 1. The van der Waals surface area contributed by atoms with Gasteiger partial charge in [0.2, 0.25) is 0 Å². The molecular formula is C12H14N2O6. The van der Waals surface area contributed by atoms with Gasteiger partial charge in [-0.05, 0) is 12.5 Å². The largest absolute Gasteiger partial charge is 0.480 e. The first-order chi connectivity index (χ1) is 9.38. The predicted molar refractivity (Wildman–Crippen MR) is 68.4 cm³/mol. The number of nitro groups is 1. The Kier molecular flexibility index (Phi) is 5.15. The number of amides is 1. The van der Waals surface area contributed by atoms with Crippen LogP contribution < -0.4 is 5.32 Å². The van der Waals surface area contributed by atoms with Crippen LogP contribution in [0.5, 0.6) is 0 Å². The highest BCUT2D eigenvalue weighted by Crippen LogP contribution is 2.21. The predicted octanol–water partition coefficient (Wildman–Crippen LogP) is 0.469.